The molecular weight excluding hydrogens is 396 g/mol. The largest absolute Gasteiger partial charge is 0.493 e. The first-order valence-electron chi connectivity index (χ1n) is 10.4. The number of amides is 2. The van der Waals surface area contributed by atoms with Gasteiger partial charge in [0.2, 0.25) is 5.91 Å². The standard InChI is InChI=1S/C24H30N2O5/c1-15(17-10-9-16-7-5-6-8-18(16)11-17)25-24(28)19-12-20(26-22(27)14-29-2)23(31-4)21(13-19)30-3/h9-13,15H,5-8,14H2,1-4H3,(H,25,28)(H,26,27). The minimum atomic E-state index is -0.358. The summed E-state index contributed by atoms with van der Waals surface area (Å²) in [6.07, 6.45) is 4.66. The van der Waals surface area contributed by atoms with E-state index in [1.54, 1.807) is 12.1 Å². The molecule has 0 aromatic heterocycles. The average Bonchev–Trinajstić information content (AvgIpc) is 2.78. The molecule has 1 aliphatic carbocycles. The van der Waals surface area contributed by atoms with Gasteiger partial charge in [0.05, 0.1) is 25.9 Å². The lowest BCUT2D eigenvalue weighted by molar-refractivity contribution is -0.119. The molecule has 166 valence electrons. The van der Waals surface area contributed by atoms with Crippen LogP contribution in [0.5, 0.6) is 11.5 Å². The number of hydrogen-bond acceptors (Lipinski definition) is 5. The van der Waals surface area contributed by atoms with Gasteiger partial charge in [-0.25, -0.2) is 0 Å². The van der Waals surface area contributed by atoms with E-state index in [0.29, 0.717) is 22.7 Å². The first-order valence-corrected chi connectivity index (χ1v) is 10.4. The molecule has 2 amide bonds. The predicted molar refractivity (Wildman–Crippen MR) is 119 cm³/mol. The minimum Gasteiger partial charge on any atom is -0.493 e. The molecule has 2 aromatic rings. The van der Waals surface area contributed by atoms with E-state index in [9.17, 15) is 9.59 Å². The highest BCUT2D eigenvalue weighted by atomic mass is 16.5. The molecule has 0 radical (unpaired) electrons. The summed E-state index contributed by atoms with van der Waals surface area (Å²) in [6, 6.07) is 9.46. The van der Waals surface area contributed by atoms with E-state index < -0.39 is 0 Å². The quantitative estimate of drug-likeness (QED) is 0.673. The van der Waals surface area contributed by atoms with Gasteiger partial charge in [0.15, 0.2) is 11.5 Å². The van der Waals surface area contributed by atoms with Crippen molar-refractivity contribution < 1.29 is 23.8 Å². The Morgan fingerprint density at radius 2 is 1.74 bits per heavy atom. The van der Waals surface area contributed by atoms with Crippen LogP contribution in [0.15, 0.2) is 30.3 Å². The van der Waals surface area contributed by atoms with E-state index in [0.717, 1.165) is 18.4 Å². The summed E-state index contributed by atoms with van der Waals surface area (Å²) < 4.78 is 15.6. The van der Waals surface area contributed by atoms with Crippen molar-refractivity contribution in [3.05, 3.63) is 52.6 Å². The summed E-state index contributed by atoms with van der Waals surface area (Å²) >= 11 is 0. The van der Waals surface area contributed by atoms with E-state index in [2.05, 4.69) is 28.8 Å². The second kappa shape index (κ2) is 10.3. The zero-order chi connectivity index (χ0) is 22.4. The number of hydrogen-bond donors (Lipinski definition) is 2. The number of fused-ring (bicyclic) bond motifs is 1. The maximum Gasteiger partial charge on any atom is 0.251 e. The molecular formula is C24H30N2O5. The average molecular weight is 427 g/mol. The summed E-state index contributed by atoms with van der Waals surface area (Å²) in [5.41, 5.74) is 4.55. The number of carbonyl (C=O) groups is 2. The molecule has 7 nitrogen and oxygen atoms in total. The Kier molecular flexibility index (Phi) is 7.52. The van der Waals surface area contributed by atoms with Gasteiger partial charge in [-0.1, -0.05) is 18.2 Å². The van der Waals surface area contributed by atoms with Crippen LogP contribution >= 0.6 is 0 Å². The fourth-order valence-corrected chi connectivity index (χ4v) is 3.89. The van der Waals surface area contributed by atoms with Crippen LogP contribution in [0.25, 0.3) is 0 Å². The number of ether oxygens (including phenoxy) is 3. The van der Waals surface area contributed by atoms with Crippen LogP contribution in [-0.2, 0) is 22.4 Å². The van der Waals surface area contributed by atoms with E-state index in [1.165, 1.54) is 45.3 Å². The molecule has 31 heavy (non-hydrogen) atoms. The number of rotatable bonds is 8. The van der Waals surface area contributed by atoms with Crippen molar-refractivity contribution in [2.45, 2.75) is 38.6 Å². The predicted octanol–water partition coefficient (Wildman–Crippen LogP) is 3.66. The Balaban J connectivity index is 1.82. The van der Waals surface area contributed by atoms with Crippen molar-refractivity contribution in [1.29, 1.82) is 0 Å². The van der Waals surface area contributed by atoms with Crippen molar-refractivity contribution in [2.24, 2.45) is 0 Å². The third-order valence-electron chi connectivity index (χ3n) is 5.51. The first kappa shape index (κ1) is 22.6. The van der Waals surface area contributed by atoms with Gasteiger partial charge in [-0.3, -0.25) is 9.59 Å². The lowest BCUT2D eigenvalue weighted by atomic mass is 9.89. The molecule has 1 unspecified atom stereocenters. The van der Waals surface area contributed by atoms with Crippen LogP contribution in [0, 0.1) is 0 Å². The zero-order valence-corrected chi connectivity index (χ0v) is 18.5. The number of benzene rings is 2. The van der Waals surface area contributed by atoms with Gasteiger partial charge in [-0.15, -0.1) is 0 Å². The highest BCUT2D eigenvalue weighted by Crippen LogP contribution is 2.37. The SMILES string of the molecule is COCC(=O)Nc1cc(C(=O)NC(C)c2ccc3c(c2)CCCC3)cc(OC)c1OC. The Labute approximate surface area is 183 Å². The van der Waals surface area contributed by atoms with Crippen LogP contribution in [-0.4, -0.2) is 39.8 Å². The van der Waals surface area contributed by atoms with Gasteiger partial charge >= 0.3 is 0 Å². The van der Waals surface area contributed by atoms with Gasteiger partial charge in [-0.2, -0.15) is 0 Å². The smallest absolute Gasteiger partial charge is 0.251 e. The summed E-state index contributed by atoms with van der Waals surface area (Å²) in [7, 11) is 4.39. The topological polar surface area (TPSA) is 85.9 Å². The maximum absolute atomic E-state index is 13.0. The van der Waals surface area contributed by atoms with Crippen molar-refractivity contribution >= 4 is 17.5 Å². The van der Waals surface area contributed by atoms with Crippen molar-refractivity contribution in [1.82, 2.24) is 5.32 Å². The second-order valence-electron chi connectivity index (χ2n) is 7.67. The fraction of sp³-hybridized carbons (Fsp3) is 0.417. The van der Waals surface area contributed by atoms with Gasteiger partial charge < -0.3 is 24.8 Å². The van der Waals surface area contributed by atoms with E-state index in [-0.39, 0.29) is 24.5 Å². The molecule has 0 aliphatic heterocycles. The Morgan fingerprint density at radius 1 is 1.00 bits per heavy atom. The molecule has 0 fully saturated rings. The number of aryl methyl sites for hydroxylation is 2. The molecule has 2 N–H and O–H groups in total. The zero-order valence-electron chi connectivity index (χ0n) is 18.5. The van der Waals surface area contributed by atoms with Gasteiger partial charge in [-0.05, 0) is 61.4 Å². The normalized spacial score (nSPS) is 13.7. The molecule has 0 bridgehead atoms. The van der Waals surface area contributed by atoms with E-state index in [1.807, 2.05) is 6.92 Å². The Bertz CT molecular complexity index is 957. The van der Waals surface area contributed by atoms with E-state index >= 15 is 0 Å². The molecule has 3 rings (SSSR count). The highest BCUT2D eigenvalue weighted by Gasteiger charge is 2.20. The van der Waals surface area contributed by atoms with Crippen LogP contribution in [0.4, 0.5) is 5.69 Å². The van der Waals surface area contributed by atoms with Crippen molar-refractivity contribution in [3.63, 3.8) is 0 Å². The van der Waals surface area contributed by atoms with Gasteiger partial charge in [0, 0.05) is 12.7 Å². The lowest BCUT2D eigenvalue weighted by Crippen LogP contribution is -2.27. The molecule has 1 atom stereocenters. The van der Waals surface area contributed by atoms with Crippen LogP contribution < -0.4 is 20.1 Å². The monoisotopic (exact) mass is 426 g/mol. The van der Waals surface area contributed by atoms with Crippen LogP contribution in [0.1, 0.15) is 52.9 Å². The van der Waals surface area contributed by atoms with Crippen LogP contribution in [0.3, 0.4) is 0 Å². The van der Waals surface area contributed by atoms with Gasteiger partial charge in [0.25, 0.3) is 5.91 Å². The molecule has 0 spiro atoms. The molecule has 0 heterocycles. The maximum atomic E-state index is 13.0. The van der Waals surface area contributed by atoms with E-state index in [4.69, 9.17) is 14.2 Å². The second-order valence-corrected chi connectivity index (χ2v) is 7.67. The summed E-state index contributed by atoms with van der Waals surface area (Å²) in [4.78, 5) is 25.0. The summed E-state index contributed by atoms with van der Waals surface area (Å²) in [5, 5.41) is 5.74. The number of methoxy groups -OCH3 is 3. The fourth-order valence-electron chi connectivity index (χ4n) is 3.89. The molecule has 0 saturated heterocycles. The molecule has 0 saturated carbocycles. The summed E-state index contributed by atoms with van der Waals surface area (Å²) in [5.74, 6) is 0.0618. The first-order chi connectivity index (χ1) is 15.0. The lowest BCUT2D eigenvalue weighted by Gasteiger charge is -2.21. The van der Waals surface area contributed by atoms with Gasteiger partial charge in [0.1, 0.15) is 6.61 Å². The number of carbonyl (C=O) groups excluding carboxylic acids is 2. The minimum absolute atomic E-state index is 0.114. The van der Waals surface area contributed by atoms with Crippen molar-refractivity contribution in [3.8, 4) is 11.5 Å². The highest BCUT2D eigenvalue weighted by molar-refractivity contribution is 5.99. The summed E-state index contributed by atoms with van der Waals surface area (Å²) in [6.45, 7) is 1.85. The molecule has 2 aromatic carbocycles. The molecule has 1 aliphatic rings. The molecule has 7 heteroatoms. The van der Waals surface area contributed by atoms with Crippen molar-refractivity contribution in [2.75, 3.05) is 33.3 Å². The third-order valence-corrected chi connectivity index (χ3v) is 5.51. The Hall–Kier alpha value is -3.06. The van der Waals surface area contributed by atoms with Crippen LogP contribution in [0.2, 0.25) is 0 Å². The number of nitrogens with one attached hydrogen (secondary N) is 2. The Morgan fingerprint density at radius 3 is 2.42 bits per heavy atom. The number of anilines is 1. The third kappa shape index (κ3) is 5.35.